The van der Waals surface area contributed by atoms with Gasteiger partial charge in [-0.3, -0.25) is 9.48 Å². The summed E-state index contributed by atoms with van der Waals surface area (Å²) in [5.41, 5.74) is -0.353. The molecule has 0 aliphatic carbocycles. The Morgan fingerprint density at radius 3 is 2.80 bits per heavy atom. The first-order valence-electron chi connectivity index (χ1n) is 6.87. The van der Waals surface area contributed by atoms with E-state index in [2.05, 4.69) is 21.2 Å². The second-order valence-corrected chi connectivity index (χ2v) is 5.33. The number of terminal acetylenes is 1. The average molecular weight is 271 g/mol. The summed E-state index contributed by atoms with van der Waals surface area (Å²) in [5, 5.41) is 12.3. The van der Waals surface area contributed by atoms with E-state index >= 15 is 0 Å². The zero-order valence-corrected chi connectivity index (χ0v) is 11.3. The highest BCUT2D eigenvalue weighted by Gasteiger charge is 2.40. The first kappa shape index (κ1) is 12.9. The third kappa shape index (κ3) is 2.57. The highest BCUT2D eigenvalue weighted by molar-refractivity contribution is 5.77. The van der Waals surface area contributed by atoms with Crippen LogP contribution in [0.4, 0.5) is 0 Å². The fraction of sp³-hybridized carbons (Fsp3) is 0.571. The van der Waals surface area contributed by atoms with Crippen LogP contribution in [0.25, 0.3) is 0 Å². The molecule has 1 fully saturated rings. The molecule has 0 aromatic carbocycles. The standard InChI is InChI=1S/C14H17N5O/c1-2-3-6-14(16-17-14)7-5-13(20)18-10-12(11-18)19-9-4-8-15-19/h1,4,8-9,12H,3,5-7,10-11H2. The highest BCUT2D eigenvalue weighted by atomic mass is 16.2. The van der Waals surface area contributed by atoms with Crippen LogP contribution in [0.2, 0.25) is 0 Å². The van der Waals surface area contributed by atoms with E-state index in [-0.39, 0.29) is 11.6 Å². The number of carbonyl (C=O) groups excluding carboxylic acids is 1. The number of aromatic nitrogens is 2. The summed E-state index contributed by atoms with van der Waals surface area (Å²) in [6.45, 7) is 1.48. The van der Waals surface area contributed by atoms with Crippen LogP contribution in [0.1, 0.15) is 31.7 Å². The molecule has 3 rings (SSSR count). The van der Waals surface area contributed by atoms with Gasteiger partial charge in [0.05, 0.1) is 6.04 Å². The van der Waals surface area contributed by atoms with Gasteiger partial charge in [-0.2, -0.15) is 15.3 Å². The summed E-state index contributed by atoms with van der Waals surface area (Å²) in [6.07, 6.45) is 11.5. The topological polar surface area (TPSA) is 62.9 Å². The second-order valence-electron chi connectivity index (χ2n) is 5.33. The second kappa shape index (κ2) is 5.08. The number of amides is 1. The average Bonchev–Trinajstić information content (AvgIpc) is 2.97. The molecule has 1 aromatic heterocycles. The predicted octanol–water partition coefficient (Wildman–Crippen LogP) is 1.62. The largest absolute Gasteiger partial charge is 0.338 e. The van der Waals surface area contributed by atoms with Gasteiger partial charge in [0.1, 0.15) is 0 Å². The van der Waals surface area contributed by atoms with Gasteiger partial charge in [0.15, 0.2) is 5.66 Å². The van der Waals surface area contributed by atoms with Gasteiger partial charge in [-0.1, -0.05) is 0 Å². The molecule has 6 nitrogen and oxygen atoms in total. The molecule has 3 heterocycles. The molecule has 104 valence electrons. The molecule has 0 atom stereocenters. The van der Waals surface area contributed by atoms with E-state index in [9.17, 15) is 4.79 Å². The fourth-order valence-electron chi connectivity index (χ4n) is 2.46. The van der Waals surface area contributed by atoms with E-state index in [0.29, 0.717) is 25.3 Å². The molecule has 0 N–H and O–H groups in total. The van der Waals surface area contributed by atoms with Crippen molar-refractivity contribution >= 4 is 5.91 Å². The molecule has 6 heteroatoms. The van der Waals surface area contributed by atoms with Crippen molar-refractivity contribution in [1.82, 2.24) is 14.7 Å². The third-order valence-corrected chi connectivity index (χ3v) is 3.91. The van der Waals surface area contributed by atoms with Gasteiger partial charge >= 0.3 is 0 Å². The quantitative estimate of drug-likeness (QED) is 0.738. The van der Waals surface area contributed by atoms with E-state index in [1.807, 2.05) is 21.8 Å². The van der Waals surface area contributed by atoms with Gasteiger partial charge in [0.25, 0.3) is 0 Å². The van der Waals surface area contributed by atoms with E-state index in [1.54, 1.807) is 6.20 Å². The summed E-state index contributed by atoms with van der Waals surface area (Å²) >= 11 is 0. The van der Waals surface area contributed by atoms with Crippen LogP contribution >= 0.6 is 0 Å². The molecule has 0 saturated carbocycles. The number of hydrogen-bond donors (Lipinski definition) is 0. The SMILES string of the molecule is C#CCCC1(CCC(=O)N2CC(n3cccn3)C2)N=N1. The van der Waals surface area contributed by atoms with Crippen molar-refractivity contribution in [3.05, 3.63) is 18.5 Å². The van der Waals surface area contributed by atoms with E-state index in [0.717, 1.165) is 19.5 Å². The van der Waals surface area contributed by atoms with Gasteiger partial charge in [-0.15, -0.1) is 12.3 Å². The molecule has 1 saturated heterocycles. The minimum atomic E-state index is -0.353. The van der Waals surface area contributed by atoms with E-state index < -0.39 is 0 Å². The third-order valence-electron chi connectivity index (χ3n) is 3.91. The normalized spacial score (nSPS) is 19.4. The lowest BCUT2D eigenvalue weighted by atomic mass is 10.0. The maximum Gasteiger partial charge on any atom is 0.222 e. The molecule has 2 aliphatic rings. The molecular weight excluding hydrogens is 254 g/mol. The molecule has 20 heavy (non-hydrogen) atoms. The predicted molar refractivity (Wildman–Crippen MR) is 72.7 cm³/mol. The number of carbonyl (C=O) groups is 1. The summed E-state index contributed by atoms with van der Waals surface area (Å²) in [7, 11) is 0. The molecular formula is C14H17N5O. The first-order chi connectivity index (χ1) is 9.72. The Hall–Kier alpha value is -2.16. The lowest BCUT2D eigenvalue weighted by Gasteiger charge is -2.39. The van der Waals surface area contributed by atoms with Crippen LogP contribution < -0.4 is 0 Å². The number of likely N-dealkylation sites (tertiary alicyclic amines) is 1. The fourth-order valence-corrected chi connectivity index (χ4v) is 2.46. The van der Waals surface area contributed by atoms with Crippen LogP contribution in [0.5, 0.6) is 0 Å². The Balaban J connectivity index is 1.40. The van der Waals surface area contributed by atoms with Crippen molar-refractivity contribution in [3.63, 3.8) is 0 Å². The molecule has 1 amide bonds. The maximum atomic E-state index is 12.1. The van der Waals surface area contributed by atoms with Gasteiger partial charge in [-0.05, 0) is 6.07 Å². The molecule has 0 bridgehead atoms. The Morgan fingerprint density at radius 1 is 1.40 bits per heavy atom. The maximum absolute atomic E-state index is 12.1. The Kier molecular flexibility index (Phi) is 3.26. The van der Waals surface area contributed by atoms with E-state index in [4.69, 9.17) is 6.42 Å². The molecule has 0 spiro atoms. The van der Waals surface area contributed by atoms with Crippen molar-refractivity contribution in [3.8, 4) is 12.3 Å². The Labute approximate surface area is 117 Å². The lowest BCUT2D eigenvalue weighted by Crippen LogP contribution is -2.51. The van der Waals surface area contributed by atoms with Gasteiger partial charge in [0.2, 0.25) is 5.91 Å². The summed E-state index contributed by atoms with van der Waals surface area (Å²) in [5.74, 6) is 2.76. The summed E-state index contributed by atoms with van der Waals surface area (Å²) < 4.78 is 1.91. The smallest absolute Gasteiger partial charge is 0.222 e. The minimum absolute atomic E-state index is 0.172. The van der Waals surface area contributed by atoms with Crippen LogP contribution in [0.15, 0.2) is 28.7 Å². The zero-order chi connectivity index (χ0) is 14.0. The van der Waals surface area contributed by atoms with Gasteiger partial charge in [0, 0.05) is 51.2 Å². The zero-order valence-electron chi connectivity index (χ0n) is 11.3. The van der Waals surface area contributed by atoms with Crippen LogP contribution in [-0.2, 0) is 4.79 Å². The monoisotopic (exact) mass is 271 g/mol. The first-order valence-corrected chi connectivity index (χ1v) is 6.87. The molecule has 0 radical (unpaired) electrons. The van der Waals surface area contributed by atoms with Crippen molar-refractivity contribution in [1.29, 1.82) is 0 Å². The lowest BCUT2D eigenvalue weighted by molar-refractivity contribution is -0.137. The Morgan fingerprint density at radius 2 is 2.20 bits per heavy atom. The van der Waals surface area contributed by atoms with Crippen molar-refractivity contribution < 1.29 is 4.79 Å². The van der Waals surface area contributed by atoms with Crippen molar-refractivity contribution in [2.45, 2.75) is 37.4 Å². The van der Waals surface area contributed by atoms with Gasteiger partial charge in [-0.25, -0.2) is 0 Å². The molecule has 1 aromatic rings. The van der Waals surface area contributed by atoms with Crippen molar-refractivity contribution in [2.75, 3.05) is 13.1 Å². The minimum Gasteiger partial charge on any atom is -0.338 e. The van der Waals surface area contributed by atoms with Gasteiger partial charge < -0.3 is 4.90 Å². The summed E-state index contributed by atoms with van der Waals surface area (Å²) in [4.78, 5) is 13.9. The Bertz CT molecular complexity index is 545. The molecule has 0 unspecified atom stereocenters. The summed E-state index contributed by atoms with van der Waals surface area (Å²) in [6, 6.07) is 2.22. The van der Waals surface area contributed by atoms with Crippen LogP contribution in [0, 0.1) is 12.3 Å². The van der Waals surface area contributed by atoms with Crippen LogP contribution in [-0.4, -0.2) is 39.3 Å². The van der Waals surface area contributed by atoms with Crippen molar-refractivity contribution in [2.24, 2.45) is 10.2 Å². The number of hydrogen-bond acceptors (Lipinski definition) is 4. The highest BCUT2D eigenvalue weighted by Crippen LogP contribution is 2.38. The van der Waals surface area contributed by atoms with Crippen LogP contribution in [0.3, 0.4) is 0 Å². The molecule has 2 aliphatic heterocycles. The van der Waals surface area contributed by atoms with E-state index in [1.165, 1.54) is 0 Å². The number of nitrogens with zero attached hydrogens (tertiary/aromatic N) is 5. The number of rotatable bonds is 6.